The molecule has 26 heavy (non-hydrogen) atoms. The Bertz CT molecular complexity index is 733. The van der Waals surface area contributed by atoms with Gasteiger partial charge in [-0.15, -0.1) is 0 Å². The molecule has 3 rings (SSSR count). The average Bonchev–Trinajstić information content (AvgIpc) is 2.67. The van der Waals surface area contributed by atoms with E-state index in [2.05, 4.69) is 16.3 Å². The highest BCUT2D eigenvalue weighted by atomic mass is 35.5. The summed E-state index contributed by atoms with van der Waals surface area (Å²) in [4.78, 5) is 12.7. The molecule has 1 aliphatic heterocycles. The minimum Gasteiger partial charge on any atom is -0.379 e. The molecule has 2 aromatic rings. The molecule has 0 saturated carbocycles. The van der Waals surface area contributed by atoms with Crippen LogP contribution in [0.5, 0.6) is 0 Å². The van der Waals surface area contributed by atoms with Gasteiger partial charge >= 0.3 is 0 Å². The minimum atomic E-state index is -0.386. The molecule has 0 aliphatic carbocycles. The van der Waals surface area contributed by atoms with Gasteiger partial charge in [0.1, 0.15) is 0 Å². The Kier molecular flexibility index (Phi) is 6.57. The molecule has 2 aromatic carbocycles. The topological polar surface area (TPSA) is 67.6 Å². The van der Waals surface area contributed by atoms with Crippen LogP contribution in [0.4, 0.5) is 5.69 Å². The molecule has 0 spiro atoms. The Morgan fingerprint density at radius 3 is 2.50 bits per heavy atom. The molecule has 0 aromatic heterocycles. The van der Waals surface area contributed by atoms with Crippen LogP contribution in [0.25, 0.3) is 0 Å². The predicted octanol–water partition coefficient (Wildman–Crippen LogP) is 3.41. The molecule has 138 valence electrons. The molecule has 6 nitrogen and oxygen atoms in total. The number of nitrogens with one attached hydrogen (secondary N) is 1. The largest absolute Gasteiger partial charge is 0.379 e. The highest BCUT2D eigenvalue weighted by Gasteiger charge is 2.24. The van der Waals surface area contributed by atoms with Gasteiger partial charge in [-0.2, -0.15) is 0 Å². The number of hydrogen-bond donors (Lipinski definition) is 1. The second-order valence-corrected chi connectivity index (χ2v) is 6.65. The number of halogens is 1. The Morgan fingerprint density at radius 2 is 1.85 bits per heavy atom. The monoisotopic (exact) mass is 375 g/mol. The van der Waals surface area contributed by atoms with Crippen molar-refractivity contribution < 1.29 is 9.66 Å². The molecule has 1 N–H and O–H groups in total. The maximum atomic E-state index is 10.7. The highest BCUT2D eigenvalue weighted by Crippen LogP contribution is 2.27. The van der Waals surface area contributed by atoms with E-state index >= 15 is 0 Å². The van der Waals surface area contributed by atoms with E-state index in [1.165, 1.54) is 12.1 Å². The van der Waals surface area contributed by atoms with Crippen molar-refractivity contribution in [3.05, 3.63) is 74.8 Å². The number of morpholine rings is 1. The second-order valence-electron chi connectivity index (χ2n) is 6.24. The third kappa shape index (κ3) is 4.80. The molecule has 0 amide bonds. The molecule has 1 saturated heterocycles. The van der Waals surface area contributed by atoms with Crippen molar-refractivity contribution in [3.63, 3.8) is 0 Å². The summed E-state index contributed by atoms with van der Waals surface area (Å²) in [6.07, 6.45) is 0. The SMILES string of the molecule is O=[N+]([O-])c1ccc(CNCC(c2ccccc2Cl)N2CCOCC2)cc1. The lowest BCUT2D eigenvalue weighted by Gasteiger charge is -2.35. The van der Waals surface area contributed by atoms with E-state index in [4.69, 9.17) is 16.3 Å². The summed E-state index contributed by atoms with van der Waals surface area (Å²) in [7, 11) is 0. The summed E-state index contributed by atoms with van der Waals surface area (Å²) in [5, 5.41) is 15.0. The summed E-state index contributed by atoms with van der Waals surface area (Å²) in [5.74, 6) is 0. The first-order valence-electron chi connectivity index (χ1n) is 8.65. The van der Waals surface area contributed by atoms with Gasteiger partial charge in [0.05, 0.1) is 18.1 Å². The first kappa shape index (κ1) is 18.8. The Labute approximate surface area is 157 Å². The number of nitrogens with zero attached hydrogens (tertiary/aromatic N) is 2. The van der Waals surface area contributed by atoms with Crippen molar-refractivity contribution in [3.8, 4) is 0 Å². The van der Waals surface area contributed by atoms with Gasteiger partial charge in [-0.05, 0) is 17.2 Å². The van der Waals surface area contributed by atoms with E-state index in [-0.39, 0.29) is 16.7 Å². The number of nitro groups is 1. The fraction of sp³-hybridized carbons (Fsp3) is 0.368. The third-order valence-corrected chi connectivity index (χ3v) is 4.91. The van der Waals surface area contributed by atoms with Crippen molar-refractivity contribution in [1.29, 1.82) is 0 Å². The van der Waals surface area contributed by atoms with E-state index in [9.17, 15) is 10.1 Å². The molecule has 1 atom stereocenters. The normalized spacial score (nSPS) is 16.3. The third-order valence-electron chi connectivity index (χ3n) is 4.56. The minimum absolute atomic E-state index is 0.107. The van der Waals surface area contributed by atoms with Crippen LogP contribution < -0.4 is 5.32 Å². The summed E-state index contributed by atoms with van der Waals surface area (Å²) in [6.45, 7) is 4.57. The quantitative estimate of drug-likeness (QED) is 0.593. The van der Waals surface area contributed by atoms with Crippen molar-refractivity contribution in [2.24, 2.45) is 0 Å². The van der Waals surface area contributed by atoms with Crippen LogP contribution in [0, 0.1) is 10.1 Å². The molecule has 1 unspecified atom stereocenters. The number of hydrogen-bond acceptors (Lipinski definition) is 5. The van der Waals surface area contributed by atoms with Crippen LogP contribution in [0.1, 0.15) is 17.2 Å². The summed E-state index contributed by atoms with van der Waals surface area (Å²) in [6, 6.07) is 14.7. The standard InChI is InChI=1S/C19H22ClN3O3/c20-18-4-2-1-3-17(18)19(22-9-11-26-12-10-22)14-21-13-15-5-7-16(8-6-15)23(24)25/h1-8,19,21H,9-14H2. The first-order chi connectivity index (χ1) is 12.6. The molecule has 1 aliphatic rings. The number of rotatable bonds is 7. The maximum absolute atomic E-state index is 10.7. The van der Waals surface area contributed by atoms with Crippen LogP contribution >= 0.6 is 11.6 Å². The number of nitro benzene ring substituents is 1. The molecule has 1 heterocycles. The lowest BCUT2D eigenvalue weighted by Crippen LogP contribution is -2.42. The zero-order chi connectivity index (χ0) is 18.4. The van der Waals surface area contributed by atoms with Gasteiger partial charge in [-0.25, -0.2) is 0 Å². The number of ether oxygens (including phenoxy) is 1. The van der Waals surface area contributed by atoms with Gasteiger partial charge < -0.3 is 10.1 Å². The number of non-ortho nitro benzene ring substituents is 1. The van der Waals surface area contributed by atoms with Crippen LogP contribution in [0.15, 0.2) is 48.5 Å². The first-order valence-corrected chi connectivity index (χ1v) is 9.03. The van der Waals surface area contributed by atoms with E-state index in [0.29, 0.717) is 6.54 Å². The molecule has 0 radical (unpaired) electrons. The van der Waals surface area contributed by atoms with Gasteiger partial charge in [-0.3, -0.25) is 15.0 Å². The lowest BCUT2D eigenvalue weighted by atomic mass is 10.0. The summed E-state index contributed by atoms with van der Waals surface area (Å²) < 4.78 is 5.47. The van der Waals surface area contributed by atoms with Crippen LogP contribution in [0.2, 0.25) is 5.02 Å². The molecule has 7 heteroatoms. The van der Waals surface area contributed by atoms with Crippen LogP contribution in [0.3, 0.4) is 0 Å². The Balaban J connectivity index is 1.66. The Morgan fingerprint density at radius 1 is 1.15 bits per heavy atom. The fourth-order valence-corrected chi connectivity index (χ4v) is 3.42. The van der Waals surface area contributed by atoms with Crippen LogP contribution in [-0.4, -0.2) is 42.7 Å². The van der Waals surface area contributed by atoms with E-state index in [1.807, 2.05) is 18.2 Å². The zero-order valence-corrected chi connectivity index (χ0v) is 15.2. The molecule has 0 bridgehead atoms. The predicted molar refractivity (Wildman–Crippen MR) is 101 cm³/mol. The molecular formula is C19H22ClN3O3. The zero-order valence-electron chi connectivity index (χ0n) is 14.4. The Hall–Kier alpha value is -1.99. The summed E-state index contributed by atoms with van der Waals surface area (Å²) in [5.41, 5.74) is 2.22. The smallest absolute Gasteiger partial charge is 0.269 e. The van der Waals surface area contributed by atoms with Crippen molar-refractivity contribution in [2.45, 2.75) is 12.6 Å². The van der Waals surface area contributed by atoms with Crippen molar-refractivity contribution in [1.82, 2.24) is 10.2 Å². The summed E-state index contributed by atoms with van der Waals surface area (Å²) >= 11 is 6.43. The van der Waals surface area contributed by atoms with Gasteiger partial charge in [0.15, 0.2) is 0 Å². The average molecular weight is 376 g/mol. The van der Waals surface area contributed by atoms with E-state index in [1.54, 1.807) is 12.1 Å². The van der Waals surface area contributed by atoms with Gasteiger partial charge in [0.25, 0.3) is 5.69 Å². The molecule has 1 fully saturated rings. The van der Waals surface area contributed by atoms with Crippen molar-refractivity contribution >= 4 is 17.3 Å². The van der Waals surface area contributed by atoms with Gasteiger partial charge in [0, 0.05) is 49.4 Å². The number of benzene rings is 2. The molecular weight excluding hydrogens is 354 g/mol. The van der Waals surface area contributed by atoms with Gasteiger partial charge in [0.2, 0.25) is 0 Å². The van der Waals surface area contributed by atoms with Gasteiger partial charge in [-0.1, -0.05) is 41.9 Å². The lowest BCUT2D eigenvalue weighted by molar-refractivity contribution is -0.384. The maximum Gasteiger partial charge on any atom is 0.269 e. The van der Waals surface area contributed by atoms with E-state index in [0.717, 1.165) is 49.0 Å². The highest BCUT2D eigenvalue weighted by molar-refractivity contribution is 6.31. The fourth-order valence-electron chi connectivity index (χ4n) is 3.16. The second kappa shape index (κ2) is 9.09. The van der Waals surface area contributed by atoms with Crippen LogP contribution in [-0.2, 0) is 11.3 Å². The van der Waals surface area contributed by atoms with Crippen molar-refractivity contribution in [2.75, 3.05) is 32.8 Å². The van der Waals surface area contributed by atoms with E-state index < -0.39 is 0 Å².